The lowest BCUT2D eigenvalue weighted by Crippen LogP contribution is -2.56. The van der Waals surface area contributed by atoms with Gasteiger partial charge < -0.3 is 24.4 Å². The number of hydrogen-bond acceptors (Lipinski definition) is 6. The number of carbonyl (C=O) groups is 3. The molecule has 2 amide bonds. The van der Waals surface area contributed by atoms with Crippen molar-refractivity contribution < 1.29 is 29.0 Å². The van der Waals surface area contributed by atoms with Crippen molar-refractivity contribution in [1.29, 1.82) is 0 Å². The predicted octanol–water partition coefficient (Wildman–Crippen LogP) is 4.30. The molecule has 0 radical (unpaired) electrons. The fraction of sp³-hybridized carbons (Fsp3) is 0.567. The van der Waals surface area contributed by atoms with Gasteiger partial charge in [-0.1, -0.05) is 42.8 Å². The van der Waals surface area contributed by atoms with E-state index in [4.69, 9.17) is 21.1 Å². The molecule has 3 saturated heterocycles. The zero-order chi connectivity index (χ0) is 28.2. The number of allylic oxidation sites excluding steroid dienone is 1. The molecular weight excluding hydrogens is 520 g/mol. The Kier molecular flexibility index (Phi) is 9.19. The molecular formula is C30H39ClN2O6. The molecule has 8 nitrogen and oxygen atoms in total. The van der Waals surface area contributed by atoms with E-state index in [1.807, 2.05) is 13.0 Å². The van der Waals surface area contributed by atoms with Gasteiger partial charge in [0.1, 0.15) is 17.6 Å². The third-order valence-electron chi connectivity index (χ3n) is 8.49. The number of hydrogen-bond donors (Lipinski definition) is 1. The van der Waals surface area contributed by atoms with E-state index in [2.05, 4.69) is 13.2 Å². The molecule has 1 aromatic carbocycles. The molecule has 1 spiro atoms. The molecule has 3 fully saturated rings. The number of aliphatic hydroxyl groups is 1. The number of nitrogens with zero attached hydrogens (tertiary/aromatic N) is 2. The standard InChI is InChI=1S/C30H39ClN2O6/c1-4-7-8-11-20-38-28(37)24-23-26(35)33(18-12-19-34)25(30(23)16-15-29(24,6-3)39-30)27(36)32(17-5-2)22-14-10-9-13-21(22)31/h4-5,9-10,13-14,23-25,34H,1-2,6-8,11-12,15-20H2,3H3/t23-,24+,25?,29-,30?/m0/s1. The second-order valence-electron chi connectivity index (χ2n) is 10.6. The number of benzene rings is 1. The molecule has 3 aliphatic heterocycles. The van der Waals surface area contributed by atoms with Gasteiger partial charge >= 0.3 is 5.97 Å². The summed E-state index contributed by atoms with van der Waals surface area (Å²) in [5.41, 5.74) is -1.53. The van der Waals surface area contributed by atoms with E-state index in [0.29, 0.717) is 42.8 Å². The summed E-state index contributed by atoms with van der Waals surface area (Å²) in [5.74, 6) is -2.73. The van der Waals surface area contributed by atoms with Crippen LogP contribution in [0.15, 0.2) is 49.6 Å². The van der Waals surface area contributed by atoms with Gasteiger partial charge in [-0.2, -0.15) is 0 Å². The molecule has 3 aliphatic rings. The highest BCUT2D eigenvalue weighted by Crippen LogP contribution is 2.64. The molecule has 3 heterocycles. The third kappa shape index (κ3) is 5.03. The van der Waals surface area contributed by atoms with Crippen LogP contribution in [-0.2, 0) is 23.9 Å². The normalized spacial score (nSPS) is 28.8. The minimum absolute atomic E-state index is 0.140. The summed E-state index contributed by atoms with van der Waals surface area (Å²) >= 11 is 6.49. The number of aliphatic hydroxyl groups excluding tert-OH is 1. The third-order valence-corrected chi connectivity index (χ3v) is 8.81. The van der Waals surface area contributed by atoms with Crippen LogP contribution >= 0.6 is 11.6 Å². The molecule has 2 bridgehead atoms. The molecule has 39 heavy (non-hydrogen) atoms. The Morgan fingerprint density at radius 1 is 1.23 bits per heavy atom. The topological polar surface area (TPSA) is 96.4 Å². The number of amides is 2. The quantitative estimate of drug-likeness (QED) is 0.208. The number of ether oxygens (including phenoxy) is 2. The number of likely N-dealkylation sites (tertiary alicyclic amines) is 1. The Morgan fingerprint density at radius 3 is 2.67 bits per heavy atom. The zero-order valence-electron chi connectivity index (χ0n) is 22.6. The summed E-state index contributed by atoms with van der Waals surface area (Å²) in [6.07, 6.45) is 7.67. The molecule has 1 aromatic rings. The molecule has 0 aromatic heterocycles. The van der Waals surface area contributed by atoms with Crippen LogP contribution in [0.25, 0.3) is 0 Å². The Bertz CT molecular complexity index is 1110. The summed E-state index contributed by atoms with van der Waals surface area (Å²) in [7, 11) is 0. The fourth-order valence-corrected chi connectivity index (χ4v) is 6.98. The number of esters is 1. The van der Waals surface area contributed by atoms with E-state index in [9.17, 15) is 19.5 Å². The number of unbranched alkanes of at least 4 members (excludes halogenated alkanes) is 2. The first-order chi connectivity index (χ1) is 18.8. The SMILES string of the molecule is C=CCCCCOC(=O)[C@H]1[C@H]2C(=O)N(CCCO)C(C(=O)N(CC=C)c3ccccc3Cl)C23CC[C@]1(CC)O3. The van der Waals surface area contributed by atoms with Crippen molar-refractivity contribution >= 4 is 35.1 Å². The van der Waals surface area contributed by atoms with E-state index in [1.54, 1.807) is 30.3 Å². The molecule has 1 N–H and O–H groups in total. The number of halogens is 1. The van der Waals surface area contributed by atoms with Crippen LogP contribution in [0.2, 0.25) is 5.02 Å². The first kappa shape index (κ1) is 29.3. The first-order valence-electron chi connectivity index (χ1n) is 13.9. The minimum atomic E-state index is -1.17. The van der Waals surface area contributed by atoms with Gasteiger partial charge in [-0.25, -0.2) is 0 Å². The summed E-state index contributed by atoms with van der Waals surface area (Å²) in [4.78, 5) is 45.1. The first-order valence-corrected chi connectivity index (χ1v) is 14.3. The van der Waals surface area contributed by atoms with Crippen molar-refractivity contribution in [2.75, 3.05) is 31.2 Å². The number of carbonyl (C=O) groups excluding carboxylic acids is 3. The van der Waals surface area contributed by atoms with Crippen molar-refractivity contribution in [2.24, 2.45) is 11.8 Å². The van der Waals surface area contributed by atoms with Crippen LogP contribution in [0, 0.1) is 11.8 Å². The minimum Gasteiger partial charge on any atom is -0.465 e. The predicted molar refractivity (Wildman–Crippen MR) is 149 cm³/mol. The van der Waals surface area contributed by atoms with E-state index >= 15 is 0 Å². The second kappa shape index (κ2) is 12.2. The lowest BCUT2D eigenvalue weighted by molar-refractivity contribution is -0.161. The van der Waals surface area contributed by atoms with Gasteiger partial charge in [0.2, 0.25) is 5.91 Å². The molecule has 4 rings (SSSR count). The Hall–Kier alpha value is -2.68. The largest absolute Gasteiger partial charge is 0.465 e. The van der Waals surface area contributed by atoms with Crippen molar-refractivity contribution in [2.45, 2.75) is 69.1 Å². The zero-order valence-corrected chi connectivity index (χ0v) is 23.4. The smallest absolute Gasteiger partial charge is 0.312 e. The maximum atomic E-state index is 14.4. The molecule has 0 saturated carbocycles. The van der Waals surface area contributed by atoms with E-state index in [1.165, 1.54) is 9.80 Å². The number of para-hydroxylation sites is 1. The average Bonchev–Trinajstić information content (AvgIpc) is 3.54. The maximum Gasteiger partial charge on any atom is 0.312 e. The van der Waals surface area contributed by atoms with Crippen LogP contribution in [0.5, 0.6) is 0 Å². The molecule has 5 atom stereocenters. The highest BCUT2D eigenvalue weighted by molar-refractivity contribution is 6.34. The van der Waals surface area contributed by atoms with Crippen molar-refractivity contribution in [1.82, 2.24) is 4.90 Å². The van der Waals surface area contributed by atoms with E-state index in [-0.39, 0.29) is 38.1 Å². The number of fused-ring (bicyclic) bond motifs is 1. The number of anilines is 1. The summed E-state index contributed by atoms with van der Waals surface area (Å²) in [6, 6.07) is 6.05. The highest BCUT2D eigenvalue weighted by Gasteiger charge is 2.79. The Balaban J connectivity index is 1.72. The van der Waals surface area contributed by atoms with Crippen molar-refractivity contribution in [3.8, 4) is 0 Å². The second-order valence-corrected chi connectivity index (χ2v) is 11.0. The van der Waals surface area contributed by atoms with Crippen molar-refractivity contribution in [3.63, 3.8) is 0 Å². The fourth-order valence-electron chi connectivity index (χ4n) is 6.75. The maximum absolute atomic E-state index is 14.4. The van der Waals surface area contributed by atoms with Crippen LogP contribution in [-0.4, -0.2) is 71.3 Å². The lowest BCUT2D eigenvalue weighted by atomic mass is 9.65. The van der Waals surface area contributed by atoms with Crippen LogP contribution in [0.3, 0.4) is 0 Å². The van der Waals surface area contributed by atoms with Gasteiger partial charge in [-0.3, -0.25) is 14.4 Å². The van der Waals surface area contributed by atoms with Gasteiger partial charge in [-0.05, 0) is 57.1 Å². The van der Waals surface area contributed by atoms with E-state index in [0.717, 1.165) is 12.8 Å². The van der Waals surface area contributed by atoms with Crippen molar-refractivity contribution in [3.05, 3.63) is 54.6 Å². The molecule has 9 heteroatoms. The molecule has 212 valence electrons. The van der Waals surface area contributed by atoms with Crippen LogP contribution < -0.4 is 4.90 Å². The van der Waals surface area contributed by atoms with Gasteiger partial charge in [0.15, 0.2) is 0 Å². The van der Waals surface area contributed by atoms with Gasteiger partial charge in [0.05, 0.1) is 28.8 Å². The molecule has 2 unspecified atom stereocenters. The van der Waals surface area contributed by atoms with Gasteiger partial charge in [0, 0.05) is 19.7 Å². The summed E-state index contributed by atoms with van der Waals surface area (Å²) < 4.78 is 12.5. The van der Waals surface area contributed by atoms with E-state index < -0.39 is 35.0 Å². The molecule has 0 aliphatic carbocycles. The van der Waals surface area contributed by atoms with Crippen LogP contribution in [0.1, 0.15) is 51.9 Å². The summed E-state index contributed by atoms with van der Waals surface area (Å²) in [5, 5.41) is 9.98. The Labute approximate surface area is 235 Å². The lowest BCUT2D eigenvalue weighted by Gasteiger charge is -2.37. The highest BCUT2D eigenvalue weighted by atomic mass is 35.5. The average molecular weight is 559 g/mol. The summed E-state index contributed by atoms with van der Waals surface area (Å²) in [6.45, 7) is 9.95. The monoisotopic (exact) mass is 558 g/mol. The van der Waals surface area contributed by atoms with Gasteiger partial charge in [-0.15, -0.1) is 13.2 Å². The number of rotatable bonds is 14. The van der Waals surface area contributed by atoms with Gasteiger partial charge in [0.25, 0.3) is 5.91 Å². The van der Waals surface area contributed by atoms with Crippen LogP contribution in [0.4, 0.5) is 5.69 Å². The Morgan fingerprint density at radius 2 is 2.00 bits per heavy atom.